The lowest BCUT2D eigenvalue weighted by atomic mass is 9.87. The van der Waals surface area contributed by atoms with Gasteiger partial charge in [0.1, 0.15) is 0 Å². The van der Waals surface area contributed by atoms with Gasteiger partial charge < -0.3 is 5.11 Å². The van der Waals surface area contributed by atoms with Crippen molar-refractivity contribution in [2.75, 3.05) is 19.7 Å². The molecular formula is C15H27F2NO. The molecule has 1 heterocycles. The molecule has 1 spiro atoms. The maximum Gasteiger partial charge on any atom is 0.254 e. The van der Waals surface area contributed by atoms with Crippen molar-refractivity contribution >= 4 is 0 Å². The number of alkyl halides is 2. The van der Waals surface area contributed by atoms with Crippen LogP contribution in [0.3, 0.4) is 0 Å². The molecule has 3 rings (SSSR count). The highest BCUT2D eigenvalue weighted by atomic mass is 19.3. The summed E-state index contributed by atoms with van der Waals surface area (Å²) in [5, 5.41) is 9.32. The van der Waals surface area contributed by atoms with Crippen LogP contribution in [-0.2, 0) is 0 Å². The Kier molecular flexibility index (Phi) is 3.96. The standard InChI is InChI=1S/C13H21F2NO.C2H6/c1-10-6-12(7-13(12,14)15)4-5-16(10)8-11(9-17)2-3-11;1-2/h10,17H,2-9H2,1H3;1-2H3. The maximum atomic E-state index is 13.3. The molecule has 0 radical (unpaired) electrons. The zero-order valence-electron chi connectivity index (χ0n) is 12.4. The van der Waals surface area contributed by atoms with Crippen LogP contribution in [-0.4, -0.2) is 41.7 Å². The average molecular weight is 275 g/mol. The zero-order valence-corrected chi connectivity index (χ0v) is 12.4. The van der Waals surface area contributed by atoms with E-state index in [0.717, 1.165) is 25.9 Å². The third-order valence-corrected chi connectivity index (χ3v) is 5.23. The van der Waals surface area contributed by atoms with Crippen LogP contribution in [0.5, 0.6) is 0 Å². The Morgan fingerprint density at radius 1 is 1.21 bits per heavy atom. The number of aliphatic hydroxyl groups is 1. The largest absolute Gasteiger partial charge is 0.396 e. The fraction of sp³-hybridized carbons (Fsp3) is 1.00. The number of halogens is 2. The molecule has 112 valence electrons. The van der Waals surface area contributed by atoms with E-state index in [1.54, 1.807) is 0 Å². The van der Waals surface area contributed by atoms with Gasteiger partial charge in [-0.05, 0) is 39.2 Å². The van der Waals surface area contributed by atoms with Crippen molar-refractivity contribution < 1.29 is 13.9 Å². The molecule has 3 aliphatic rings. The number of hydrogen-bond donors (Lipinski definition) is 1. The second-order valence-electron chi connectivity index (χ2n) is 6.59. The second-order valence-corrected chi connectivity index (χ2v) is 6.59. The predicted octanol–water partition coefficient (Wildman–Crippen LogP) is 3.29. The lowest BCUT2D eigenvalue weighted by Crippen LogP contribution is -2.46. The van der Waals surface area contributed by atoms with Crippen molar-refractivity contribution in [3.63, 3.8) is 0 Å². The van der Waals surface area contributed by atoms with E-state index in [4.69, 9.17) is 0 Å². The van der Waals surface area contributed by atoms with Crippen molar-refractivity contribution in [3.05, 3.63) is 0 Å². The molecule has 2 atom stereocenters. The summed E-state index contributed by atoms with van der Waals surface area (Å²) in [5.74, 6) is -2.40. The molecule has 19 heavy (non-hydrogen) atoms. The summed E-state index contributed by atoms with van der Waals surface area (Å²) < 4.78 is 26.7. The highest BCUT2D eigenvalue weighted by molar-refractivity contribution is 5.13. The highest BCUT2D eigenvalue weighted by Crippen LogP contribution is 2.66. The van der Waals surface area contributed by atoms with E-state index >= 15 is 0 Å². The fourth-order valence-corrected chi connectivity index (χ4v) is 3.46. The van der Waals surface area contributed by atoms with Gasteiger partial charge >= 0.3 is 0 Å². The van der Waals surface area contributed by atoms with E-state index in [1.807, 2.05) is 13.8 Å². The van der Waals surface area contributed by atoms with Gasteiger partial charge in [0.2, 0.25) is 0 Å². The first-order valence-electron chi connectivity index (χ1n) is 7.65. The Labute approximate surface area is 115 Å². The van der Waals surface area contributed by atoms with E-state index in [0.29, 0.717) is 12.8 Å². The van der Waals surface area contributed by atoms with Crippen LogP contribution in [0.15, 0.2) is 0 Å². The van der Waals surface area contributed by atoms with Crippen molar-refractivity contribution in [2.24, 2.45) is 10.8 Å². The van der Waals surface area contributed by atoms with Crippen LogP contribution >= 0.6 is 0 Å². The van der Waals surface area contributed by atoms with Gasteiger partial charge in [-0.2, -0.15) is 0 Å². The van der Waals surface area contributed by atoms with Gasteiger partial charge in [0.15, 0.2) is 0 Å². The third kappa shape index (κ3) is 2.66. The van der Waals surface area contributed by atoms with E-state index in [2.05, 4.69) is 11.8 Å². The van der Waals surface area contributed by atoms with Gasteiger partial charge in [-0.3, -0.25) is 4.90 Å². The molecule has 0 amide bonds. The summed E-state index contributed by atoms with van der Waals surface area (Å²) >= 11 is 0. The monoisotopic (exact) mass is 275 g/mol. The molecule has 0 bridgehead atoms. The van der Waals surface area contributed by atoms with Crippen LogP contribution in [0.25, 0.3) is 0 Å². The molecule has 1 saturated heterocycles. The molecule has 1 N–H and O–H groups in total. The summed E-state index contributed by atoms with van der Waals surface area (Å²) in [4.78, 5) is 2.31. The molecule has 0 aromatic heterocycles. The number of aliphatic hydroxyl groups excluding tert-OH is 1. The molecule has 2 aliphatic carbocycles. The van der Waals surface area contributed by atoms with Crippen LogP contribution < -0.4 is 0 Å². The van der Waals surface area contributed by atoms with Gasteiger partial charge in [0.25, 0.3) is 5.92 Å². The van der Waals surface area contributed by atoms with E-state index in [9.17, 15) is 13.9 Å². The summed E-state index contributed by atoms with van der Waals surface area (Å²) in [6.07, 6.45) is 3.54. The Hall–Kier alpha value is -0.220. The average Bonchev–Trinajstić information content (AvgIpc) is 3.25. The first-order valence-corrected chi connectivity index (χ1v) is 7.65. The highest BCUT2D eigenvalue weighted by Gasteiger charge is 2.71. The van der Waals surface area contributed by atoms with Gasteiger partial charge in [0, 0.05) is 36.4 Å². The smallest absolute Gasteiger partial charge is 0.254 e. The number of piperidine rings is 1. The van der Waals surface area contributed by atoms with Gasteiger partial charge in [-0.15, -0.1) is 0 Å². The predicted molar refractivity (Wildman–Crippen MR) is 72.4 cm³/mol. The van der Waals surface area contributed by atoms with Gasteiger partial charge in [-0.25, -0.2) is 8.78 Å². The SMILES string of the molecule is CC.CC1CC2(CCN1CC1(CO)CC1)CC2(F)F. The van der Waals surface area contributed by atoms with Crippen molar-refractivity contribution in [1.82, 2.24) is 4.90 Å². The molecule has 2 unspecified atom stereocenters. The molecule has 4 heteroatoms. The maximum absolute atomic E-state index is 13.3. The summed E-state index contributed by atoms with van der Waals surface area (Å²) in [6, 6.07) is 0.237. The lowest BCUT2D eigenvalue weighted by molar-refractivity contribution is 0.00415. The fourth-order valence-electron chi connectivity index (χ4n) is 3.46. The van der Waals surface area contributed by atoms with Crippen molar-refractivity contribution in [1.29, 1.82) is 0 Å². The molecule has 0 aromatic carbocycles. The van der Waals surface area contributed by atoms with Gasteiger partial charge in [-0.1, -0.05) is 13.8 Å². The van der Waals surface area contributed by atoms with Crippen LogP contribution in [0.2, 0.25) is 0 Å². The number of rotatable bonds is 3. The Bertz CT molecular complexity index is 330. The van der Waals surface area contributed by atoms with Crippen molar-refractivity contribution in [2.45, 2.75) is 64.8 Å². The Balaban J connectivity index is 0.000000637. The quantitative estimate of drug-likeness (QED) is 0.854. The minimum absolute atomic E-state index is 0.101. The summed E-state index contributed by atoms with van der Waals surface area (Å²) in [5.41, 5.74) is -0.566. The van der Waals surface area contributed by atoms with Crippen LogP contribution in [0.4, 0.5) is 8.78 Å². The Morgan fingerprint density at radius 2 is 1.79 bits per heavy atom. The van der Waals surface area contributed by atoms with Gasteiger partial charge in [0.05, 0.1) is 0 Å². The molecule has 0 aromatic rings. The first-order chi connectivity index (χ1) is 8.92. The zero-order chi connectivity index (χ0) is 14.3. The summed E-state index contributed by atoms with van der Waals surface area (Å²) in [7, 11) is 0. The normalized spacial score (nSPS) is 38.5. The topological polar surface area (TPSA) is 23.5 Å². The number of hydrogen-bond acceptors (Lipinski definition) is 2. The summed E-state index contributed by atoms with van der Waals surface area (Å²) in [6.45, 7) is 7.98. The van der Waals surface area contributed by atoms with Crippen molar-refractivity contribution in [3.8, 4) is 0 Å². The van der Waals surface area contributed by atoms with E-state index in [1.165, 1.54) is 0 Å². The van der Waals surface area contributed by atoms with E-state index in [-0.39, 0.29) is 24.5 Å². The minimum atomic E-state index is -2.40. The van der Waals surface area contributed by atoms with E-state index < -0.39 is 11.3 Å². The lowest BCUT2D eigenvalue weighted by Gasteiger charge is -2.39. The number of likely N-dealkylation sites (tertiary alicyclic amines) is 1. The van der Waals surface area contributed by atoms with Crippen LogP contribution in [0, 0.1) is 10.8 Å². The molecule has 2 saturated carbocycles. The molecule has 2 nitrogen and oxygen atoms in total. The number of nitrogens with zero attached hydrogens (tertiary/aromatic N) is 1. The third-order valence-electron chi connectivity index (χ3n) is 5.23. The Morgan fingerprint density at radius 3 is 2.16 bits per heavy atom. The molecule has 3 fully saturated rings. The van der Waals surface area contributed by atoms with Crippen LogP contribution in [0.1, 0.15) is 52.9 Å². The minimum Gasteiger partial charge on any atom is -0.396 e. The second kappa shape index (κ2) is 4.96. The molecule has 1 aliphatic heterocycles. The molecular weight excluding hydrogens is 248 g/mol. The first kappa shape index (κ1) is 15.2.